The Morgan fingerprint density at radius 3 is 2.64 bits per heavy atom. The van der Waals surface area contributed by atoms with Gasteiger partial charge in [0.2, 0.25) is 5.88 Å². The van der Waals surface area contributed by atoms with Crippen LogP contribution in [0.2, 0.25) is 0 Å². The van der Waals surface area contributed by atoms with E-state index in [4.69, 9.17) is 4.74 Å². The van der Waals surface area contributed by atoms with E-state index in [1.54, 1.807) is 7.11 Å². The molecular formula is C21H29N3O. The maximum Gasteiger partial charge on any atom is 0.212 e. The third kappa shape index (κ3) is 4.57. The van der Waals surface area contributed by atoms with E-state index in [0.717, 1.165) is 30.9 Å². The minimum atomic E-state index is 0.391. The van der Waals surface area contributed by atoms with Crippen molar-refractivity contribution in [3.8, 4) is 5.88 Å². The van der Waals surface area contributed by atoms with Gasteiger partial charge in [-0.2, -0.15) is 0 Å². The van der Waals surface area contributed by atoms with Crippen molar-refractivity contribution in [2.24, 2.45) is 5.92 Å². The largest absolute Gasteiger partial charge is 0.481 e. The second kappa shape index (κ2) is 7.96. The molecule has 2 aromatic heterocycles. The van der Waals surface area contributed by atoms with Crippen LogP contribution >= 0.6 is 0 Å². The molecule has 0 aromatic carbocycles. The average Bonchev–Trinajstić information content (AvgIpc) is 2.60. The minimum absolute atomic E-state index is 0.391. The van der Waals surface area contributed by atoms with Crippen LogP contribution in [0.25, 0.3) is 0 Å². The van der Waals surface area contributed by atoms with Gasteiger partial charge in [0.15, 0.2) is 0 Å². The fourth-order valence-electron chi connectivity index (χ4n) is 3.96. The van der Waals surface area contributed by atoms with Crippen LogP contribution in [0.15, 0.2) is 30.5 Å². The maximum atomic E-state index is 5.17. The zero-order chi connectivity index (χ0) is 17.8. The van der Waals surface area contributed by atoms with Crippen LogP contribution < -0.4 is 4.74 Å². The molecule has 1 aliphatic heterocycles. The summed E-state index contributed by atoms with van der Waals surface area (Å²) in [4.78, 5) is 11.5. The van der Waals surface area contributed by atoms with Gasteiger partial charge in [-0.15, -0.1) is 0 Å². The van der Waals surface area contributed by atoms with Gasteiger partial charge < -0.3 is 4.74 Å². The molecule has 0 radical (unpaired) electrons. The zero-order valence-electron chi connectivity index (χ0n) is 15.8. The average molecular weight is 339 g/mol. The Morgan fingerprint density at radius 1 is 1.24 bits per heavy atom. The fraction of sp³-hybridized carbons (Fsp3) is 0.524. The molecule has 25 heavy (non-hydrogen) atoms. The molecule has 1 aliphatic rings. The summed E-state index contributed by atoms with van der Waals surface area (Å²) >= 11 is 0. The van der Waals surface area contributed by atoms with Gasteiger partial charge in [0.1, 0.15) is 0 Å². The number of hydrogen-bond donors (Lipinski definition) is 0. The number of pyridine rings is 2. The molecule has 1 unspecified atom stereocenters. The molecule has 0 saturated carbocycles. The lowest BCUT2D eigenvalue weighted by Crippen LogP contribution is -2.38. The second-order valence-electron chi connectivity index (χ2n) is 7.28. The number of aromatic nitrogens is 2. The van der Waals surface area contributed by atoms with Crippen molar-refractivity contribution in [2.45, 2.75) is 46.1 Å². The van der Waals surface area contributed by atoms with Gasteiger partial charge in [-0.1, -0.05) is 6.07 Å². The quantitative estimate of drug-likeness (QED) is 0.821. The van der Waals surface area contributed by atoms with Gasteiger partial charge in [-0.25, -0.2) is 4.98 Å². The van der Waals surface area contributed by atoms with E-state index >= 15 is 0 Å². The van der Waals surface area contributed by atoms with Crippen molar-refractivity contribution >= 4 is 0 Å². The summed E-state index contributed by atoms with van der Waals surface area (Å²) in [6.45, 7) is 8.77. The summed E-state index contributed by atoms with van der Waals surface area (Å²) in [6, 6.07) is 8.96. The SMILES string of the molecule is COc1ccc(C(C)N2CCC[C@H](Cc3cc(C)nc(C)c3)C2)cn1. The normalized spacial score (nSPS) is 19.6. The predicted octanol–water partition coefficient (Wildman–Crippen LogP) is 4.12. The maximum absolute atomic E-state index is 5.17. The van der Waals surface area contributed by atoms with Gasteiger partial charge in [0.05, 0.1) is 7.11 Å². The van der Waals surface area contributed by atoms with Crippen molar-refractivity contribution in [1.29, 1.82) is 0 Å². The van der Waals surface area contributed by atoms with Crippen molar-refractivity contribution in [1.82, 2.24) is 14.9 Å². The lowest BCUT2D eigenvalue weighted by Gasteiger charge is -2.37. The number of nitrogens with zero attached hydrogens (tertiary/aromatic N) is 3. The highest BCUT2D eigenvalue weighted by Crippen LogP contribution is 2.28. The van der Waals surface area contributed by atoms with Gasteiger partial charge >= 0.3 is 0 Å². The van der Waals surface area contributed by atoms with Gasteiger partial charge in [0.25, 0.3) is 0 Å². The molecule has 0 spiro atoms. The Kier molecular flexibility index (Phi) is 5.69. The molecule has 2 aromatic rings. The number of aryl methyl sites for hydroxylation is 2. The first-order chi connectivity index (χ1) is 12.0. The second-order valence-corrected chi connectivity index (χ2v) is 7.28. The van der Waals surface area contributed by atoms with Crippen LogP contribution in [0.1, 0.15) is 48.3 Å². The number of methoxy groups -OCH3 is 1. The molecule has 4 heteroatoms. The van der Waals surface area contributed by atoms with Gasteiger partial charge in [-0.3, -0.25) is 9.88 Å². The van der Waals surface area contributed by atoms with Crippen molar-refractivity contribution < 1.29 is 4.74 Å². The van der Waals surface area contributed by atoms with Crippen LogP contribution in [-0.2, 0) is 6.42 Å². The Hall–Kier alpha value is -1.94. The van der Waals surface area contributed by atoms with E-state index in [2.05, 4.69) is 53.8 Å². The van der Waals surface area contributed by atoms with Crippen LogP contribution in [0.3, 0.4) is 0 Å². The van der Waals surface area contributed by atoms with E-state index in [0.29, 0.717) is 17.8 Å². The third-order valence-corrected chi connectivity index (χ3v) is 5.21. The molecule has 134 valence electrons. The van der Waals surface area contributed by atoms with E-state index in [1.165, 1.54) is 24.0 Å². The Bertz CT molecular complexity index is 679. The number of piperidine rings is 1. The number of likely N-dealkylation sites (tertiary alicyclic amines) is 1. The molecule has 0 aliphatic carbocycles. The molecule has 3 heterocycles. The number of hydrogen-bond acceptors (Lipinski definition) is 4. The molecule has 1 saturated heterocycles. The smallest absolute Gasteiger partial charge is 0.212 e. The summed E-state index contributed by atoms with van der Waals surface area (Å²) in [7, 11) is 1.66. The fourth-order valence-corrected chi connectivity index (χ4v) is 3.96. The first-order valence-electron chi connectivity index (χ1n) is 9.23. The van der Waals surface area contributed by atoms with E-state index in [9.17, 15) is 0 Å². The highest BCUT2D eigenvalue weighted by Gasteiger charge is 2.25. The molecule has 1 fully saturated rings. The standard InChI is InChI=1S/C21H29N3O/c1-15-10-19(11-16(2)23-15)12-18-6-5-9-24(14-18)17(3)20-7-8-21(25-4)22-13-20/h7-8,10-11,13,17-18H,5-6,9,12,14H2,1-4H3/t17?,18-/m1/s1. The minimum Gasteiger partial charge on any atom is -0.481 e. The van der Waals surface area contributed by atoms with Crippen LogP contribution in [0.4, 0.5) is 0 Å². The Morgan fingerprint density at radius 2 is 2.00 bits per heavy atom. The molecular weight excluding hydrogens is 310 g/mol. The van der Waals surface area contributed by atoms with E-state index in [1.807, 2.05) is 12.3 Å². The van der Waals surface area contributed by atoms with E-state index < -0.39 is 0 Å². The first kappa shape index (κ1) is 17.9. The summed E-state index contributed by atoms with van der Waals surface area (Å²) in [5, 5.41) is 0. The van der Waals surface area contributed by atoms with Crippen molar-refractivity contribution in [2.75, 3.05) is 20.2 Å². The van der Waals surface area contributed by atoms with Crippen LogP contribution in [0.5, 0.6) is 5.88 Å². The van der Waals surface area contributed by atoms with Gasteiger partial charge in [0, 0.05) is 36.2 Å². The summed E-state index contributed by atoms with van der Waals surface area (Å²) < 4.78 is 5.17. The lowest BCUT2D eigenvalue weighted by molar-refractivity contribution is 0.131. The molecule has 3 rings (SSSR count). The lowest BCUT2D eigenvalue weighted by atomic mass is 9.90. The van der Waals surface area contributed by atoms with Crippen LogP contribution in [-0.4, -0.2) is 35.1 Å². The van der Waals surface area contributed by atoms with Gasteiger partial charge in [-0.05, 0) is 75.8 Å². The topological polar surface area (TPSA) is 38.2 Å². The highest BCUT2D eigenvalue weighted by molar-refractivity contribution is 5.22. The van der Waals surface area contributed by atoms with E-state index in [-0.39, 0.29) is 0 Å². The Balaban J connectivity index is 1.65. The molecule has 0 amide bonds. The zero-order valence-corrected chi connectivity index (χ0v) is 15.8. The first-order valence-corrected chi connectivity index (χ1v) is 9.23. The van der Waals surface area contributed by atoms with Crippen molar-refractivity contribution in [3.05, 3.63) is 53.0 Å². The summed E-state index contributed by atoms with van der Waals surface area (Å²) in [5.74, 6) is 1.39. The molecule has 0 N–H and O–H groups in total. The van der Waals surface area contributed by atoms with Crippen LogP contribution in [0, 0.1) is 19.8 Å². The number of ether oxygens (including phenoxy) is 1. The summed E-state index contributed by atoms with van der Waals surface area (Å²) in [5.41, 5.74) is 4.94. The monoisotopic (exact) mass is 339 g/mol. The molecule has 2 atom stereocenters. The number of rotatable bonds is 5. The highest BCUT2D eigenvalue weighted by atomic mass is 16.5. The summed E-state index contributed by atoms with van der Waals surface area (Å²) in [6.07, 6.45) is 5.67. The molecule has 4 nitrogen and oxygen atoms in total. The third-order valence-electron chi connectivity index (χ3n) is 5.21. The van der Waals surface area contributed by atoms with Crippen molar-refractivity contribution in [3.63, 3.8) is 0 Å². The Labute approximate surface area is 151 Å². The predicted molar refractivity (Wildman–Crippen MR) is 101 cm³/mol. The molecule has 0 bridgehead atoms.